The molecule has 3 rings (SSSR count). The van der Waals surface area contributed by atoms with Gasteiger partial charge in [0.1, 0.15) is 5.75 Å². The Balaban J connectivity index is 1.76. The lowest BCUT2D eigenvalue weighted by Gasteiger charge is -2.13. The van der Waals surface area contributed by atoms with Crippen LogP contribution in [0.25, 0.3) is 0 Å². The topological polar surface area (TPSA) is 122 Å². The average Bonchev–Trinajstić information content (AvgIpc) is 2.79. The molecule has 0 aromatic heterocycles. The Morgan fingerprint density at radius 1 is 0.848 bits per heavy atom. The molecule has 0 aliphatic carbocycles. The highest BCUT2D eigenvalue weighted by atomic mass is 32.2. The average molecular weight is 490 g/mol. The van der Waals surface area contributed by atoms with Gasteiger partial charge < -0.3 is 10.1 Å². The maximum absolute atomic E-state index is 12.7. The summed E-state index contributed by atoms with van der Waals surface area (Å²) in [6, 6.07) is 17.8. The van der Waals surface area contributed by atoms with E-state index in [0.717, 1.165) is 4.31 Å². The van der Waals surface area contributed by atoms with Gasteiger partial charge in [-0.3, -0.25) is 9.52 Å². The fourth-order valence-electron chi connectivity index (χ4n) is 2.86. The number of carbonyl (C=O) groups excluding carboxylic acids is 1. The quantitative estimate of drug-likeness (QED) is 0.502. The van der Waals surface area contributed by atoms with Crippen molar-refractivity contribution in [3.63, 3.8) is 0 Å². The monoisotopic (exact) mass is 489 g/mol. The van der Waals surface area contributed by atoms with Crippen LogP contribution in [0.4, 0.5) is 11.4 Å². The van der Waals surface area contributed by atoms with Crippen LogP contribution in [0, 0.1) is 0 Å². The van der Waals surface area contributed by atoms with Gasteiger partial charge in [0, 0.05) is 25.3 Å². The van der Waals surface area contributed by atoms with Crippen LogP contribution in [0.2, 0.25) is 0 Å². The molecular weight excluding hydrogens is 466 g/mol. The molecule has 0 atom stereocenters. The summed E-state index contributed by atoms with van der Waals surface area (Å²) in [6.07, 6.45) is 0. The van der Waals surface area contributed by atoms with Gasteiger partial charge in [0.2, 0.25) is 10.0 Å². The minimum Gasteiger partial charge on any atom is -0.495 e. The van der Waals surface area contributed by atoms with E-state index in [2.05, 4.69) is 10.0 Å². The van der Waals surface area contributed by atoms with E-state index in [1.54, 1.807) is 24.3 Å². The molecule has 11 heteroatoms. The van der Waals surface area contributed by atoms with E-state index in [1.807, 2.05) is 0 Å². The Morgan fingerprint density at radius 3 is 2.15 bits per heavy atom. The van der Waals surface area contributed by atoms with E-state index in [1.165, 1.54) is 69.7 Å². The first kappa shape index (κ1) is 24.2. The number of para-hydroxylation sites is 2. The number of nitrogens with one attached hydrogen (secondary N) is 2. The van der Waals surface area contributed by atoms with Crippen molar-refractivity contribution in [3.8, 4) is 5.75 Å². The highest BCUT2D eigenvalue weighted by Crippen LogP contribution is 2.26. The fourth-order valence-corrected chi connectivity index (χ4v) is 4.88. The maximum atomic E-state index is 12.7. The molecule has 0 spiro atoms. The van der Waals surface area contributed by atoms with Crippen LogP contribution in [0.5, 0.6) is 5.75 Å². The van der Waals surface area contributed by atoms with Crippen LogP contribution in [-0.4, -0.2) is 48.3 Å². The molecule has 1 amide bonds. The van der Waals surface area contributed by atoms with Crippen molar-refractivity contribution in [1.82, 2.24) is 4.31 Å². The maximum Gasteiger partial charge on any atom is 0.262 e. The van der Waals surface area contributed by atoms with E-state index in [0.29, 0.717) is 17.1 Å². The van der Waals surface area contributed by atoms with Crippen molar-refractivity contribution >= 4 is 37.3 Å². The van der Waals surface area contributed by atoms with Crippen LogP contribution >= 0.6 is 0 Å². The van der Waals surface area contributed by atoms with E-state index < -0.39 is 26.0 Å². The van der Waals surface area contributed by atoms with E-state index in [4.69, 9.17) is 4.74 Å². The zero-order chi connectivity index (χ0) is 24.2. The predicted octanol–water partition coefficient (Wildman–Crippen LogP) is 3.00. The number of sulfonamides is 2. The smallest absolute Gasteiger partial charge is 0.262 e. The second-order valence-corrected chi connectivity index (χ2v) is 10.9. The Morgan fingerprint density at radius 2 is 1.52 bits per heavy atom. The molecule has 0 heterocycles. The van der Waals surface area contributed by atoms with Gasteiger partial charge in [-0.25, -0.2) is 21.1 Å². The van der Waals surface area contributed by atoms with E-state index in [-0.39, 0.29) is 15.4 Å². The molecule has 174 valence electrons. The molecule has 0 aliphatic heterocycles. The minimum absolute atomic E-state index is 0.00882. The third-order valence-electron chi connectivity index (χ3n) is 4.65. The number of hydrogen-bond acceptors (Lipinski definition) is 6. The van der Waals surface area contributed by atoms with Gasteiger partial charge in [0.15, 0.2) is 0 Å². The SMILES string of the molecule is COc1ccccc1NS(=O)(=O)c1ccc(NC(=O)c2cccc(S(=O)(=O)N(C)C)c2)cc1. The highest BCUT2D eigenvalue weighted by molar-refractivity contribution is 7.92. The van der Waals surface area contributed by atoms with Crippen LogP contribution in [0.15, 0.2) is 82.6 Å². The highest BCUT2D eigenvalue weighted by Gasteiger charge is 2.19. The second-order valence-electron chi connectivity index (χ2n) is 7.10. The first-order chi connectivity index (χ1) is 15.5. The lowest BCUT2D eigenvalue weighted by molar-refractivity contribution is 0.102. The minimum atomic E-state index is -3.89. The van der Waals surface area contributed by atoms with Gasteiger partial charge in [0.25, 0.3) is 15.9 Å². The molecule has 0 bridgehead atoms. The third kappa shape index (κ3) is 5.51. The summed E-state index contributed by atoms with van der Waals surface area (Å²) in [4.78, 5) is 12.6. The first-order valence-electron chi connectivity index (χ1n) is 9.64. The summed E-state index contributed by atoms with van der Waals surface area (Å²) in [5.74, 6) is -0.156. The molecule has 3 aromatic carbocycles. The Labute approximate surface area is 193 Å². The van der Waals surface area contributed by atoms with Gasteiger partial charge in [-0.15, -0.1) is 0 Å². The van der Waals surface area contributed by atoms with Gasteiger partial charge in [-0.2, -0.15) is 0 Å². The van der Waals surface area contributed by atoms with Crippen LogP contribution in [-0.2, 0) is 20.0 Å². The Hall–Kier alpha value is -3.41. The number of nitrogens with zero attached hydrogens (tertiary/aromatic N) is 1. The molecule has 0 saturated carbocycles. The van der Waals surface area contributed by atoms with Gasteiger partial charge in [0.05, 0.1) is 22.6 Å². The van der Waals surface area contributed by atoms with Crippen molar-refractivity contribution in [2.45, 2.75) is 9.79 Å². The number of ether oxygens (including phenoxy) is 1. The third-order valence-corrected chi connectivity index (χ3v) is 7.84. The number of rotatable bonds is 8. The van der Waals surface area contributed by atoms with E-state index in [9.17, 15) is 21.6 Å². The summed E-state index contributed by atoms with van der Waals surface area (Å²) in [5.41, 5.74) is 0.787. The second kappa shape index (κ2) is 9.61. The number of benzene rings is 3. The summed E-state index contributed by atoms with van der Waals surface area (Å²) in [6.45, 7) is 0. The van der Waals surface area contributed by atoms with Crippen LogP contribution < -0.4 is 14.8 Å². The summed E-state index contributed by atoms with van der Waals surface area (Å²) in [7, 11) is -3.33. The van der Waals surface area contributed by atoms with Gasteiger partial charge in [-0.05, 0) is 54.6 Å². The zero-order valence-corrected chi connectivity index (χ0v) is 19.8. The van der Waals surface area contributed by atoms with Crippen LogP contribution in [0.3, 0.4) is 0 Å². The number of carbonyl (C=O) groups is 1. The molecular formula is C22H23N3O6S2. The summed E-state index contributed by atoms with van der Waals surface area (Å²) in [5, 5.41) is 2.63. The predicted molar refractivity (Wildman–Crippen MR) is 126 cm³/mol. The number of methoxy groups -OCH3 is 1. The number of hydrogen-bond donors (Lipinski definition) is 2. The molecule has 33 heavy (non-hydrogen) atoms. The van der Waals surface area contributed by atoms with Crippen LogP contribution in [0.1, 0.15) is 10.4 Å². The van der Waals surface area contributed by atoms with Gasteiger partial charge in [-0.1, -0.05) is 18.2 Å². The lowest BCUT2D eigenvalue weighted by atomic mass is 10.2. The molecule has 0 aliphatic rings. The molecule has 0 fully saturated rings. The zero-order valence-electron chi connectivity index (χ0n) is 18.1. The molecule has 0 radical (unpaired) electrons. The summed E-state index contributed by atoms with van der Waals surface area (Å²) >= 11 is 0. The molecule has 0 unspecified atom stereocenters. The van der Waals surface area contributed by atoms with Crippen molar-refractivity contribution < 1.29 is 26.4 Å². The number of anilines is 2. The fraction of sp³-hybridized carbons (Fsp3) is 0.136. The molecule has 9 nitrogen and oxygen atoms in total. The molecule has 3 aromatic rings. The first-order valence-corrected chi connectivity index (χ1v) is 12.6. The Kier molecular flexibility index (Phi) is 7.06. The lowest BCUT2D eigenvalue weighted by Crippen LogP contribution is -2.22. The van der Waals surface area contributed by atoms with Crippen molar-refractivity contribution in [2.24, 2.45) is 0 Å². The van der Waals surface area contributed by atoms with Crippen molar-refractivity contribution in [3.05, 3.63) is 78.4 Å². The van der Waals surface area contributed by atoms with Gasteiger partial charge >= 0.3 is 0 Å². The standard InChI is InChI=1S/C22H23N3O6S2/c1-25(2)33(29,30)19-8-6-7-16(15-19)22(26)23-17-11-13-18(14-12-17)32(27,28)24-20-9-4-5-10-21(20)31-3/h4-15,24H,1-3H3,(H,23,26). The number of amides is 1. The van der Waals surface area contributed by atoms with Crippen molar-refractivity contribution in [2.75, 3.05) is 31.2 Å². The van der Waals surface area contributed by atoms with E-state index >= 15 is 0 Å². The largest absolute Gasteiger partial charge is 0.495 e. The van der Waals surface area contributed by atoms with Crippen molar-refractivity contribution in [1.29, 1.82) is 0 Å². The molecule has 2 N–H and O–H groups in total. The molecule has 0 saturated heterocycles. The Bertz CT molecular complexity index is 1370. The normalized spacial score (nSPS) is 11.8. The summed E-state index contributed by atoms with van der Waals surface area (Å²) < 4.78 is 58.7.